The lowest BCUT2D eigenvalue weighted by molar-refractivity contribution is 0.0964. The molecule has 0 unspecified atom stereocenters. The maximum Gasteiger partial charge on any atom is 0.251 e. The zero-order valence-electron chi connectivity index (χ0n) is 13.4. The van der Waals surface area contributed by atoms with Gasteiger partial charge in [0.15, 0.2) is 0 Å². The molecule has 1 N–H and O–H groups in total. The van der Waals surface area contributed by atoms with Crippen LogP contribution in [0, 0.1) is 6.92 Å². The van der Waals surface area contributed by atoms with Gasteiger partial charge in [0.2, 0.25) is 0 Å². The normalized spacial score (nSPS) is 16.0. The fourth-order valence-corrected chi connectivity index (χ4v) is 2.90. The van der Waals surface area contributed by atoms with Crippen molar-refractivity contribution < 1.29 is 4.79 Å². The molecule has 5 nitrogen and oxygen atoms in total. The number of pyridine rings is 1. The Kier molecular flexibility index (Phi) is 3.98. The van der Waals surface area contributed by atoms with E-state index in [1.54, 1.807) is 7.05 Å². The number of anilines is 1. The van der Waals surface area contributed by atoms with Crippen LogP contribution >= 0.6 is 0 Å². The number of carbonyl (C=O) groups excluding carboxylic acids is 1. The second-order valence-electron chi connectivity index (χ2n) is 5.87. The molecule has 116 valence electrons. The Morgan fingerprint density at radius 1 is 1.23 bits per heavy atom. The average molecular weight is 298 g/mol. The number of likely N-dealkylation sites (N-methyl/N-ethyl adjacent to an activating group) is 1. The molecule has 0 aliphatic carbocycles. The Morgan fingerprint density at radius 2 is 1.95 bits per heavy atom. The lowest BCUT2D eigenvalue weighted by Gasteiger charge is -2.33. The number of benzene rings is 1. The highest BCUT2D eigenvalue weighted by molar-refractivity contribution is 6.07. The number of fused-ring (bicyclic) bond motifs is 1. The number of para-hydroxylation sites is 1. The van der Waals surface area contributed by atoms with Gasteiger partial charge in [0.1, 0.15) is 5.82 Å². The second-order valence-corrected chi connectivity index (χ2v) is 5.87. The third-order valence-corrected chi connectivity index (χ3v) is 4.33. The van der Waals surface area contributed by atoms with Crippen molar-refractivity contribution in [3.05, 3.63) is 35.4 Å². The van der Waals surface area contributed by atoms with Crippen LogP contribution in [-0.4, -0.2) is 56.1 Å². The maximum absolute atomic E-state index is 12.3. The fraction of sp³-hybridized carbons (Fsp3) is 0.412. The van der Waals surface area contributed by atoms with Crippen LogP contribution < -0.4 is 10.2 Å². The molecule has 0 saturated carbocycles. The summed E-state index contributed by atoms with van der Waals surface area (Å²) in [5, 5.41) is 3.65. The van der Waals surface area contributed by atoms with Gasteiger partial charge in [-0.2, -0.15) is 0 Å². The monoisotopic (exact) mass is 298 g/mol. The van der Waals surface area contributed by atoms with E-state index in [1.165, 1.54) is 0 Å². The number of nitrogens with one attached hydrogen (secondary N) is 1. The largest absolute Gasteiger partial charge is 0.355 e. The standard InChI is InChI=1S/C17H22N4O/c1-12-5-4-6-13-14(17(22)18-2)11-15(19-16(12)13)21-9-7-20(3)8-10-21/h4-6,11H,7-10H2,1-3H3,(H,18,22). The highest BCUT2D eigenvalue weighted by Gasteiger charge is 2.19. The highest BCUT2D eigenvalue weighted by atomic mass is 16.1. The topological polar surface area (TPSA) is 48.5 Å². The summed E-state index contributed by atoms with van der Waals surface area (Å²) >= 11 is 0. The predicted octanol–water partition coefficient (Wildman–Crippen LogP) is 1.65. The van der Waals surface area contributed by atoms with Crippen LogP contribution in [0.5, 0.6) is 0 Å². The van der Waals surface area contributed by atoms with E-state index in [1.807, 2.05) is 31.2 Å². The SMILES string of the molecule is CNC(=O)c1cc(N2CCN(C)CC2)nc2c(C)cccc12. The van der Waals surface area contributed by atoms with Crippen LogP contribution in [0.4, 0.5) is 5.82 Å². The lowest BCUT2D eigenvalue weighted by atomic mass is 10.0. The first-order valence-electron chi connectivity index (χ1n) is 7.66. The number of piperazine rings is 1. The highest BCUT2D eigenvalue weighted by Crippen LogP contribution is 2.26. The maximum atomic E-state index is 12.3. The van der Waals surface area contributed by atoms with Gasteiger partial charge in [0.25, 0.3) is 5.91 Å². The van der Waals surface area contributed by atoms with E-state index in [-0.39, 0.29) is 5.91 Å². The first-order chi connectivity index (χ1) is 10.6. The summed E-state index contributed by atoms with van der Waals surface area (Å²) in [6.07, 6.45) is 0. The van der Waals surface area contributed by atoms with E-state index in [2.05, 4.69) is 22.2 Å². The molecular formula is C17H22N4O. The number of amides is 1. The van der Waals surface area contributed by atoms with Crippen molar-refractivity contribution in [1.82, 2.24) is 15.2 Å². The lowest BCUT2D eigenvalue weighted by Crippen LogP contribution is -2.44. The Bertz CT molecular complexity index is 705. The quantitative estimate of drug-likeness (QED) is 0.916. The van der Waals surface area contributed by atoms with E-state index >= 15 is 0 Å². The van der Waals surface area contributed by atoms with E-state index in [0.717, 1.165) is 48.5 Å². The van der Waals surface area contributed by atoms with Crippen molar-refractivity contribution in [2.24, 2.45) is 0 Å². The molecule has 1 saturated heterocycles. The van der Waals surface area contributed by atoms with E-state index < -0.39 is 0 Å². The summed E-state index contributed by atoms with van der Waals surface area (Å²) in [5.41, 5.74) is 2.71. The average Bonchev–Trinajstić information content (AvgIpc) is 2.54. The molecule has 5 heteroatoms. The van der Waals surface area contributed by atoms with Crippen molar-refractivity contribution in [3.63, 3.8) is 0 Å². The van der Waals surface area contributed by atoms with Gasteiger partial charge in [-0.05, 0) is 25.6 Å². The number of aryl methyl sites for hydroxylation is 1. The molecule has 0 bridgehead atoms. The molecule has 1 aliphatic heterocycles. The van der Waals surface area contributed by atoms with Crippen LogP contribution in [-0.2, 0) is 0 Å². The minimum Gasteiger partial charge on any atom is -0.355 e. The summed E-state index contributed by atoms with van der Waals surface area (Å²) in [6, 6.07) is 7.90. The zero-order chi connectivity index (χ0) is 15.7. The van der Waals surface area contributed by atoms with Crippen LogP contribution in [0.2, 0.25) is 0 Å². The summed E-state index contributed by atoms with van der Waals surface area (Å²) in [5.74, 6) is 0.835. The van der Waals surface area contributed by atoms with Crippen molar-refractivity contribution in [3.8, 4) is 0 Å². The Balaban J connectivity index is 2.11. The summed E-state index contributed by atoms with van der Waals surface area (Å²) in [4.78, 5) is 21.7. The number of hydrogen-bond donors (Lipinski definition) is 1. The van der Waals surface area contributed by atoms with Gasteiger partial charge >= 0.3 is 0 Å². The van der Waals surface area contributed by atoms with Crippen LogP contribution in [0.25, 0.3) is 10.9 Å². The van der Waals surface area contributed by atoms with Gasteiger partial charge in [0, 0.05) is 38.6 Å². The molecule has 1 amide bonds. The summed E-state index contributed by atoms with van der Waals surface area (Å²) < 4.78 is 0. The molecule has 3 rings (SSSR count). The summed E-state index contributed by atoms with van der Waals surface area (Å²) in [6.45, 7) is 5.95. The molecule has 22 heavy (non-hydrogen) atoms. The number of hydrogen-bond acceptors (Lipinski definition) is 4. The smallest absolute Gasteiger partial charge is 0.251 e. The molecule has 2 aromatic rings. The van der Waals surface area contributed by atoms with E-state index in [0.29, 0.717) is 5.56 Å². The Labute approximate surface area is 130 Å². The number of aromatic nitrogens is 1. The first-order valence-corrected chi connectivity index (χ1v) is 7.66. The molecule has 1 aromatic heterocycles. The second kappa shape index (κ2) is 5.93. The third-order valence-electron chi connectivity index (χ3n) is 4.33. The molecular weight excluding hydrogens is 276 g/mol. The van der Waals surface area contributed by atoms with Crippen molar-refractivity contribution in [2.75, 3.05) is 45.2 Å². The molecule has 0 atom stereocenters. The zero-order valence-corrected chi connectivity index (χ0v) is 13.4. The molecule has 1 fully saturated rings. The van der Waals surface area contributed by atoms with Gasteiger partial charge in [-0.1, -0.05) is 18.2 Å². The predicted molar refractivity (Wildman–Crippen MR) is 89.6 cm³/mol. The Hall–Kier alpha value is -2.14. The van der Waals surface area contributed by atoms with Gasteiger partial charge < -0.3 is 15.1 Å². The molecule has 0 spiro atoms. The minimum atomic E-state index is -0.0617. The van der Waals surface area contributed by atoms with Crippen LogP contribution in [0.15, 0.2) is 24.3 Å². The van der Waals surface area contributed by atoms with E-state index in [9.17, 15) is 4.79 Å². The number of nitrogens with zero attached hydrogens (tertiary/aromatic N) is 3. The van der Waals surface area contributed by atoms with Crippen molar-refractivity contribution >= 4 is 22.6 Å². The number of rotatable bonds is 2. The van der Waals surface area contributed by atoms with Gasteiger partial charge in [0.05, 0.1) is 11.1 Å². The molecule has 1 aromatic carbocycles. The van der Waals surface area contributed by atoms with Gasteiger partial charge in [-0.25, -0.2) is 4.98 Å². The van der Waals surface area contributed by atoms with Crippen LogP contribution in [0.1, 0.15) is 15.9 Å². The van der Waals surface area contributed by atoms with Gasteiger partial charge in [-0.15, -0.1) is 0 Å². The first kappa shape index (κ1) is 14.8. The number of carbonyl (C=O) groups is 1. The minimum absolute atomic E-state index is 0.0617. The summed E-state index contributed by atoms with van der Waals surface area (Å²) in [7, 11) is 3.80. The Morgan fingerprint density at radius 3 is 2.64 bits per heavy atom. The van der Waals surface area contributed by atoms with Crippen molar-refractivity contribution in [2.45, 2.75) is 6.92 Å². The van der Waals surface area contributed by atoms with Gasteiger partial charge in [-0.3, -0.25) is 4.79 Å². The fourth-order valence-electron chi connectivity index (χ4n) is 2.90. The molecule has 0 radical (unpaired) electrons. The van der Waals surface area contributed by atoms with E-state index in [4.69, 9.17) is 4.98 Å². The third kappa shape index (κ3) is 2.64. The van der Waals surface area contributed by atoms with Crippen molar-refractivity contribution in [1.29, 1.82) is 0 Å². The molecule has 1 aliphatic rings. The molecule has 2 heterocycles. The van der Waals surface area contributed by atoms with Crippen LogP contribution in [0.3, 0.4) is 0 Å².